The zero-order valence-corrected chi connectivity index (χ0v) is 12.1. The first kappa shape index (κ1) is 15.9. The molecule has 108 valence electrons. The number of hydrogen-bond acceptors (Lipinski definition) is 6. The summed E-state index contributed by atoms with van der Waals surface area (Å²) >= 11 is 1.52. The lowest BCUT2D eigenvalue weighted by molar-refractivity contribution is -0.136. The molecule has 0 saturated heterocycles. The molecule has 0 aliphatic rings. The fraction of sp³-hybridized carbons (Fsp3) is 0.667. The maximum absolute atomic E-state index is 10.5. The highest BCUT2D eigenvalue weighted by Gasteiger charge is 2.11. The summed E-state index contributed by atoms with van der Waals surface area (Å²) in [7, 11) is 3.32. The monoisotopic (exact) mass is 288 g/mol. The highest BCUT2D eigenvalue weighted by molar-refractivity contribution is 7.13. The summed E-state index contributed by atoms with van der Waals surface area (Å²) in [6, 6.07) is 0. The standard InChI is InChI=1S/C12H20N2O4S/c1-17-7-5-14(6-8-18-2)12-13-10(9-19-12)3-4-11(15)16/h9H,3-8H2,1-2H3,(H,15,16). The minimum absolute atomic E-state index is 0.110. The van der Waals surface area contributed by atoms with Crippen molar-refractivity contribution >= 4 is 22.4 Å². The fourth-order valence-corrected chi connectivity index (χ4v) is 2.41. The van der Waals surface area contributed by atoms with Gasteiger partial charge in [-0.25, -0.2) is 4.98 Å². The van der Waals surface area contributed by atoms with Crippen molar-refractivity contribution in [3.63, 3.8) is 0 Å². The lowest BCUT2D eigenvalue weighted by Crippen LogP contribution is -2.30. The number of anilines is 1. The van der Waals surface area contributed by atoms with Crippen LogP contribution in [0.5, 0.6) is 0 Å². The van der Waals surface area contributed by atoms with E-state index in [0.717, 1.165) is 23.9 Å². The Hall–Kier alpha value is -1.18. The number of nitrogens with zero attached hydrogens (tertiary/aromatic N) is 2. The summed E-state index contributed by atoms with van der Waals surface area (Å²) in [5.74, 6) is -0.801. The van der Waals surface area contributed by atoms with Crippen LogP contribution in [-0.2, 0) is 20.7 Å². The van der Waals surface area contributed by atoms with Crippen LogP contribution in [0.2, 0.25) is 0 Å². The number of rotatable bonds is 10. The number of methoxy groups -OCH3 is 2. The second kappa shape index (κ2) is 8.84. The number of aromatic nitrogens is 1. The van der Waals surface area contributed by atoms with E-state index in [1.54, 1.807) is 14.2 Å². The molecule has 0 bridgehead atoms. The Kier molecular flexibility index (Phi) is 7.39. The van der Waals surface area contributed by atoms with Crippen molar-refractivity contribution in [3.8, 4) is 0 Å². The molecule has 6 nitrogen and oxygen atoms in total. The number of ether oxygens (including phenoxy) is 2. The van der Waals surface area contributed by atoms with Gasteiger partial charge in [0.25, 0.3) is 0 Å². The minimum Gasteiger partial charge on any atom is -0.481 e. The molecule has 0 fully saturated rings. The van der Waals surface area contributed by atoms with Gasteiger partial charge in [-0.3, -0.25) is 4.79 Å². The highest BCUT2D eigenvalue weighted by Crippen LogP contribution is 2.21. The Morgan fingerprint density at radius 1 is 1.37 bits per heavy atom. The smallest absolute Gasteiger partial charge is 0.303 e. The average molecular weight is 288 g/mol. The van der Waals surface area contributed by atoms with Crippen LogP contribution in [0.3, 0.4) is 0 Å². The molecule has 0 unspecified atom stereocenters. The number of aryl methyl sites for hydroxylation is 1. The minimum atomic E-state index is -0.801. The van der Waals surface area contributed by atoms with Crippen molar-refractivity contribution in [2.75, 3.05) is 45.4 Å². The van der Waals surface area contributed by atoms with Crippen LogP contribution < -0.4 is 4.90 Å². The van der Waals surface area contributed by atoms with Gasteiger partial charge in [0.1, 0.15) is 0 Å². The molecule has 7 heteroatoms. The van der Waals surface area contributed by atoms with E-state index in [9.17, 15) is 4.79 Å². The number of carboxylic acids is 1. The van der Waals surface area contributed by atoms with Crippen LogP contribution in [0.1, 0.15) is 12.1 Å². The van der Waals surface area contributed by atoms with Crippen molar-refractivity contribution in [2.45, 2.75) is 12.8 Å². The lowest BCUT2D eigenvalue weighted by Gasteiger charge is -2.20. The van der Waals surface area contributed by atoms with Gasteiger partial charge >= 0.3 is 5.97 Å². The number of carbonyl (C=O) groups is 1. The Labute approximate surface area is 117 Å². The van der Waals surface area contributed by atoms with Crippen LogP contribution >= 0.6 is 11.3 Å². The van der Waals surface area contributed by atoms with E-state index in [4.69, 9.17) is 14.6 Å². The maximum Gasteiger partial charge on any atom is 0.303 e. The SMILES string of the molecule is COCCN(CCOC)c1nc(CCC(=O)O)cs1. The molecule has 1 N–H and O–H groups in total. The molecule has 1 aromatic rings. The Morgan fingerprint density at radius 2 is 2.00 bits per heavy atom. The molecular weight excluding hydrogens is 268 g/mol. The molecule has 0 atom stereocenters. The van der Waals surface area contributed by atoms with E-state index in [-0.39, 0.29) is 6.42 Å². The number of thiazole rings is 1. The van der Waals surface area contributed by atoms with Crippen molar-refractivity contribution in [2.24, 2.45) is 0 Å². The quantitative estimate of drug-likeness (QED) is 0.699. The van der Waals surface area contributed by atoms with Crippen LogP contribution in [-0.4, -0.2) is 56.6 Å². The summed E-state index contributed by atoms with van der Waals surface area (Å²) in [6.07, 6.45) is 0.577. The lowest BCUT2D eigenvalue weighted by atomic mass is 10.2. The molecule has 19 heavy (non-hydrogen) atoms. The first-order valence-corrected chi connectivity index (χ1v) is 6.94. The predicted molar refractivity (Wildman–Crippen MR) is 74.0 cm³/mol. The molecule has 0 aromatic carbocycles. The van der Waals surface area contributed by atoms with Gasteiger partial charge in [-0.2, -0.15) is 0 Å². The molecule has 1 aromatic heterocycles. The number of hydrogen-bond donors (Lipinski definition) is 1. The number of aliphatic carboxylic acids is 1. The summed E-state index contributed by atoms with van der Waals surface area (Å²) in [4.78, 5) is 17.1. The zero-order valence-electron chi connectivity index (χ0n) is 11.3. The van der Waals surface area contributed by atoms with Gasteiger partial charge in [-0.15, -0.1) is 11.3 Å². The van der Waals surface area contributed by atoms with Crippen LogP contribution in [0.25, 0.3) is 0 Å². The van der Waals surface area contributed by atoms with Crippen LogP contribution in [0.15, 0.2) is 5.38 Å². The third-order valence-electron chi connectivity index (χ3n) is 2.54. The molecule has 1 heterocycles. The molecular formula is C12H20N2O4S. The second-order valence-electron chi connectivity index (χ2n) is 3.99. The van der Waals surface area contributed by atoms with Gasteiger partial charge in [0, 0.05) is 39.1 Å². The van der Waals surface area contributed by atoms with Crippen molar-refractivity contribution in [3.05, 3.63) is 11.1 Å². The molecule has 0 radical (unpaired) electrons. The molecule has 0 aliphatic heterocycles. The van der Waals surface area contributed by atoms with E-state index in [1.165, 1.54) is 11.3 Å². The van der Waals surface area contributed by atoms with Crippen LogP contribution in [0, 0.1) is 0 Å². The molecule has 0 aliphatic carbocycles. The summed E-state index contributed by atoms with van der Waals surface area (Å²) in [5, 5.41) is 11.4. The zero-order chi connectivity index (χ0) is 14.1. The van der Waals surface area contributed by atoms with E-state index < -0.39 is 5.97 Å². The van der Waals surface area contributed by atoms with Gasteiger partial charge in [-0.05, 0) is 0 Å². The van der Waals surface area contributed by atoms with E-state index in [2.05, 4.69) is 9.88 Å². The normalized spacial score (nSPS) is 10.6. The number of carboxylic acid groups (broad SMARTS) is 1. The van der Waals surface area contributed by atoms with Gasteiger partial charge in [0.05, 0.1) is 25.3 Å². The first-order valence-electron chi connectivity index (χ1n) is 6.06. The Balaban J connectivity index is 2.59. The molecule has 1 rings (SSSR count). The Morgan fingerprint density at radius 3 is 2.53 bits per heavy atom. The van der Waals surface area contributed by atoms with Crippen molar-refractivity contribution in [1.82, 2.24) is 4.98 Å². The van der Waals surface area contributed by atoms with E-state index >= 15 is 0 Å². The second-order valence-corrected chi connectivity index (χ2v) is 4.82. The third kappa shape index (κ3) is 6.00. The van der Waals surface area contributed by atoms with Gasteiger partial charge < -0.3 is 19.5 Å². The predicted octanol–water partition coefficient (Wildman–Crippen LogP) is 1.26. The summed E-state index contributed by atoms with van der Waals surface area (Å²) in [6.45, 7) is 2.72. The third-order valence-corrected chi connectivity index (χ3v) is 3.49. The largest absolute Gasteiger partial charge is 0.481 e. The van der Waals surface area contributed by atoms with Crippen molar-refractivity contribution in [1.29, 1.82) is 0 Å². The van der Waals surface area contributed by atoms with Gasteiger partial charge in [0.2, 0.25) is 0 Å². The van der Waals surface area contributed by atoms with Gasteiger partial charge in [0.15, 0.2) is 5.13 Å². The van der Waals surface area contributed by atoms with E-state index in [0.29, 0.717) is 19.6 Å². The average Bonchev–Trinajstić information content (AvgIpc) is 2.85. The topological polar surface area (TPSA) is 71.9 Å². The first-order chi connectivity index (χ1) is 9.17. The highest BCUT2D eigenvalue weighted by atomic mass is 32.1. The summed E-state index contributed by atoms with van der Waals surface area (Å²) < 4.78 is 10.2. The molecule has 0 amide bonds. The summed E-state index contributed by atoms with van der Waals surface area (Å²) in [5.41, 5.74) is 0.822. The van der Waals surface area contributed by atoms with E-state index in [1.807, 2.05) is 5.38 Å². The van der Waals surface area contributed by atoms with Gasteiger partial charge in [-0.1, -0.05) is 0 Å². The van der Waals surface area contributed by atoms with Crippen molar-refractivity contribution < 1.29 is 19.4 Å². The Bertz CT molecular complexity index is 376. The fourth-order valence-electron chi connectivity index (χ4n) is 1.50. The van der Waals surface area contributed by atoms with Crippen LogP contribution in [0.4, 0.5) is 5.13 Å². The maximum atomic E-state index is 10.5. The molecule has 0 saturated carbocycles. The molecule has 0 spiro atoms.